The van der Waals surface area contributed by atoms with E-state index in [1.54, 1.807) is 6.26 Å². The third-order valence-corrected chi connectivity index (χ3v) is 3.23. The van der Waals surface area contributed by atoms with Gasteiger partial charge in [-0.2, -0.15) is 0 Å². The molecule has 0 aliphatic heterocycles. The third-order valence-electron chi connectivity index (χ3n) is 3.23. The van der Waals surface area contributed by atoms with Crippen LogP contribution in [-0.4, -0.2) is 16.5 Å². The smallest absolute Gasteiger partial charge is 0.135 e. The fourth-order valence-corrected chi connectivity index (χ4v) is 1.96. The van der Waals surface area contributed by atoms with Gasteiger partial charge in [0.2, 0.25) is 0 Å². The molecule has 0 aliphatic rings. The van der Waals surface area contributed by atoms with E-state index in [-0.39, 0.29) is 5.92 Å². The molecule has 2 aromatic rings. The lowest BCUT2D eigenvalue weighted by atomic mass is 10.2. The molecular formula is C16H24N4O. The molecule has 0 aliphatic carbocycles. The third kappa shape index (κ3) is 3.97. The summed E-state index contributed by atoms with van der Waals surface area (Å²) < 4.78 is 5.35. The Balaban J connectivity index is 2.22. The van der Waals surface area contributed by atoms with Gasteiger partial charge in [0.05, 0.1) is 12.8 Å². The largest absolute Gasteiger partial charge is 0.467 e. The zero-order valence-corrected chi connectivity index (χ0v) is 13.2. The average molecular weight is 288 g/mol. The summed E-state index contributed by atoms with van der Waals surface area (Å²) in [6.45, 7) is 9.91. The van der Waals surface area contributed by atoms with Gasteiger partial charge in [-0.3, -0.25) is 0 Å². The lowest BCUT2D eigenvalue weighted by molar-refractivity contribution is 0.517. The lowest BCUT2D eigenvalue weighted by Gasteiger charge is -2.16. The fourth-order valence-electron chi connectivity index (χ4n) is 1.96. The van der Waals surface area contributed by atoms with E-state index in [4.69, 9.17) is 4.42 Å². The standard InChI is InChI=1S/C16H24N4O/c1-5-8-17-15-12(4)16(20-14(19-15)11(2)3)18-10-13-7-6-9-21-13/h6-7,9,11H,5,8,10H2,1-4H3,(H2,17,18,19,20). The predicted molar refractivity (Wildman–Crippen MR) is 85.7 cm³/mol. The quantitative estimate of drug-likeness (QED) is 0.808. The summed E-state index contributed by atoms with van der Waals surface area (Å²) in [7, 11) is 0. The van der Waals surface area contributed by atoms with Gasteiger partial charge in [-0.25, -0.2) is 9.97 Å². The summed E-state index contributed by atoms with van der Waals surface area (Å²) in [6.07, 6.45) is 2.74. The molecule has 0 amide bonds. The van der Waals surface area contributed by atoms with Crippen molar-refractivity contribution in [2.75, 3.05) is 17.2 Å². The fraction of sp³-hybridized carbons (Fsp3) is 0.500. The Hall–Kier alpha value is -2.04. The van der Waals surface area contributed by atoms with Crippen molar-refractivity contribution in [3.05, 3.63) is 35.5 Å². The van der Waals surface area contributed by atoms with Gasteiger partial charge in [0, 0.05) is 18.0 Å². The summed E-state index contributed by atoms with van der Waals surface area (Å²) >= 11 is 0. The zero-order valence-electron chi connectivity index (χ0n) is 13.2. The van der Waals surface area contributed by atoms with E-state index >= 15 is 0 Å². The van der Waals surface area contributed by atoms with Gasteiger partial charge in [-0.05, 0) is 25.5 Å². The average Bonchev–Trinajstić information content (AvgIpc) is 2.98. The van der Waals surface area contributed by atoms with E-state index in [1.165, 1.54) is 0 Å². The number of rotatable bonds is 7. The number of hydrogen-bond acceptors (Lipinski definition) is 5. The molecule has 2 N–H and O–H groups in total. The van der Waals surface area contributed by atoms with Crippen LogP contribution < -0.4 is 10.6 Å². The second-order valence-corrected chi connectivity index (χ2v) is 5.42. The Morgan fingerprint density at radius 2 is 1.90 bits per heavy atom. The van der Waals surface area contributed by atoms with Gasteiger partial charge >= 0.3 is 0 Å². The van der Waals surface area contributed by atoms with Crippen LogP contribution in [0.1, 0.15) is 50.3 Å². The van der Waals surface area contributed by atoms with Gasteiger partial charge in [-0.1, -0.05) is 20.8 Å². The van der Waals surface area contributed by atoms with E-state index in [0.717, 1.165) is 41.7 Å². The molecule has 0 aromatic carbocycles. The molecule has 0 unspecified atom stereocenters. The first-order valence-corrected chi connectivity index (χ1v) is 7.50. The summed E-state index contributed by atoms with van der Waals surface area (Å²) in [6, 6.07) is 3.83. The second-order valence-electron chi connectivity index (χ2n) is 5.42. The Labute approximate surface area is 126 Å². The minimum absolute atomic E-state index is 0.289. The highest BCUT2D eigenvalue weighted by atomic mass is 16.3. The van der Waals surface area contributed by atoms with Crippen LogP contribution in [0.4, 0.5) is 11.6 Å². The maximum absolute atomic E-state index is 5.35. The normalized spacial score (nSPS) is 10.9. The first-order chi connectivity index (χ1) is 10.1. The first kappa shape index (κ1) is 15.4. The van der Waals surface area contributed by atoms with E-state index in [1.807, 2.05) is 19.1 Å². The Morgan fingerprint density at radius 1 is 1.19 bits per heavy atom. The molecule has 114 valence electrons. The molecule has 5 heteroatoms. The van der Waals surface area contributed by atoms with Crippen molar-refractivity contribution in [1.29, 1.82) is 0 Å². The van der Waals surface area contributed by atoms with Crippen molar-refractivity contribution >= 4 is 11.6 Å². The lowest BCUT2D eigenvalue weighted by Crippen LogP contribution is -2.12. The Kier molecular flexibility index (Phi) is 5.20. The first-order valence-electron chi connectivity index (χ1n) is 7.50. The van der Waals surface area contributed by atoms with Gasteiger partial charge in [-0.15, -0.1) is 0 Å². The molecule has 0 atom stereocenters. The Bertz CT molecular complexity index is 564. The van der Waals surface area contributed by atoms with E-state index in [9.17, 15) is 0 Å². The number of nitrogens with one attached hydrogen (secondary N) is 2. The van der Waals surface area contributed by atoms with Crippen LogP contribution in [-0.2, 0) is 6.54 Å². The summed E-state index contributed by atoms with van der Waals surface area (Å²) in [5, 5.41) is 6.72. The van der Waals surface area contributed by atoms with Crippen molar-refractivity contribution in [3.63, 3.8) is 0 Å². The maximum atomic E-state index is 5.35. The number of furan rings is 1. The molecule has 2 aromatic heterocycles. The highest BCUT2D eigenvalue weighted by molar-refractivity contribution is 5.57. The van der Waals surface area contributed by atoms with Crippen LogP contribution >= 0.6 is 0 Å². The zero-order chi connectivity index (χ0) is 15.2. The van der Waals surface area contributed by atoms with E-state index < -0.39 is 0 Å². The SMILES string of the molecule is CCCNc1nc(C(C)C)nc(NCc2ccco2)c1C. The number of aromatic nitrogens is 2. The maximum Gasteiger partial charge on any atom is 0.135 e. The molecule has 0 saturated heterocycles. The highest BCUT2D eigenvalue weighted by Crippen LogP contribution is 2.23. The van der Waals surface area contributed by atoms with Crippen LogP contribution in [0.3, 0.4) is 0 Å². The molecule has 21 heavy (non-hydrogen) atoms. The van der Waals surface area contributed by atoms with Crippen molar-refractivity contribution in [1.82, 2.24) is 9.97 Å². The van der Waals surface area contributed by atoms with Crippen LogP contribution in [0.15, 0.2) is 22.8 Å². The van der Waals surface area contributed by atoms with E-state index in [0.29, 0.717) is 6.54 Å². The van der Waals surface area contributed by atoms with Crippen molar-refractivity contribution < 1.29 is 4.42 Å². The molecule has 0 radical (unpaired) electrons. The second kappa shape index (κ2) is 7.11. The highest BCUT2D eigenvalue weighted by Gasteiger charge is 2.13. The van der Waals surface area contributed by atoms with Crippen molar-refractivity contribution in [2.45, 2.75) is 46.6 Å². The van der Waals surface area contributed by atoms with Crippen molar-refractivity contribution in [3.8, 4) is 0 Å². The molecule has 2 rings (SSSR count). The van der Waals surface area contributed by atoms with Gasteiger partial charge in [0.15, 0.2) is 0 Å². The number of hydrogen-bond donors (Lipinski definition) is 2. The summed E-state index contributed by atoms with van der Waals surface area (Å²) in [5.74, 6) is 3.81. The molecule has 0 fully saturated rings. The molecule has 5 nitrogen and oxygen atoms in total. The van der Waals surface area contributed by atoms with Crippen molar-refractivity contribution in [2.24, 2.45) is 0 Å². The van der Waals surface area contributed by atoms with Crippen LogP contribution in [0.2, 0.25) is 0 Å². The minimum atomic E-state index is 0.289. The molecule has 0 spiro atoms. The molecule has 2 heterocycles. The topological polar surface area (TPSA) is 63.0 Å². The van der Waals surface area contributed by atoms with Crippen LogP contribution in [0.25, 0.3) is 0 Å². The summed E-state index contributed by atoms with van der Waals surface area (Å²) in [4.78, 5) is 9.27. The van der Waals surface area contributed by atoms with Crippen LogP contribution in [0.5, 0.6) is 0 Å². The van der Waals surface area contributed by atoms with Gasteiger partial charge < -0.3 is 15.1 Å². The molecule has 0 bridgehead atoms. The molecular weight excluding hydrogens is 264 g/mol. The predicted octanol–water partition coefficient (Wildman–Crippen LogP) is 3.94. The number of anilines is 2. The van der Waals surface area contributed by atoms with Gasteiger partial charge in [0.25, 0.3) is 0 Å². The summed E-state index contributed by atoms with van der Waals surface area (Å²) in [5.41, 5.74) is 1.04. The van der Waals surface area contributed by atoms with Gasteiger partial charge in [0.1, 0.15) is 23.2 Å². The van der Waals surface area contributed by atoms with Crippen LogP contribution in [0, 0.1) is 6.92 Å². The monoisotopic (exact) mass is 288 g/mol. The number of nitrogens with zero attached hydrogens (tertiary/aromatic N) is 2. The molecule has 0 saturated carbocycles. The minimum Gasteiger partial charge on any atom is -0.467 e. The van der Waals surface area contributed by atoms with E-state index in [2.05, 4.69) is 41.4 Å². The Morgan fingerprint density at radius 3 is 2.48 bits per heavy atom.